The number of anilines is 1. The highest BCUT2D eigenvalue weighted by Gasteiger charge is 2.09. The predicted octanol–water partition coefficient (Wildman–Crippen LogP) is 1.93. The maximum Gasteiger partial charge on any atom is 0.277 e. The molecule has 2 aromatic rings. The van der Waals surface area contributed by atoms with E-state index in [1.807, 2.05) is 0 Å². The fourth-order valence-electron chi connectivity index (χ4n) is 0.994. The molecule has 0 bridgehead atoms. The summed E-state index contributed by atoms with van der Waals surface area (Å²) in [7, 11) is 0. The third-order valence-electron chi connectivity index (χ3n) is 1.73. The van der Waals surface area contributed by atoms with Crippen molar-refractivity contribution in [1.29, 1.82) is 0 Å². The highest BCUT2D eigenvalue weighted by molar-refractivity contribution is 9.10. The maximum atomic E-state index is 11.7. The third-order valence-corrected chi connectivity index (χ3v) is 2.34. The van der Waals surface area contributed by atoms with Gasteiger partial charge in [0.05, 0.1) is 12.4 Å². The van der Waals surface area contributed by atoms with Crippen LogP contribution in [0.2, 0.25) is 5.15 Å². The molecule has 8 heteroatoms. The molecular weight excluding hydrogens is 309 g/mol. The minimum Gasteiger partial charge on any atom is -0.304 e. The average Bonchev–Trinajstić information content (AvgIpc) is 2.33. The molecule has 2 aromatic heterocycles. The molecule has 0 fully saturated rings. The molecule has 0 unspecified atom stereocenters. The molecule has 0 aliphatic rings. The van der Waals surface area contributed by atoms with Crippen molar-refractivity contribution in [3.63, 3.8) is 0 Å². The van der Waals surface area contributed by atoms with E-state index in [1.54, 1.807) is 0 Å². The van der Waals surface area contributed by atoms with Crippen molar-refractivity contribution in [3.8, 4) is 0 Å². The zero-order valence-electron chi connectivity index (χ0n) is 8.26. The highest BCUT2D eigenvalue weighted by atomic mass is 79.9. The van der Waals surface area contributed by atoms with E-state index in [0.29, 0.717) is 10.4 Å². The summed E-state index contributed by atoms with van der Waals surface area (Å²) in [5.41, 5.74) is 0.152. The number of amides is 1. The van der Waals surface area contributed by atoms with Crippen molar-refractivity contribution in [2.24, 2.45) is 0 Å². The lowest BCUT2D eigenvalue weighted by Crippen LogP contribution is -2.15. The summed E-state index contributed by atoms with van der Waals surface area (Å²) in [6, 6.07) is 2.95. The monoisotopic (exact) mass is 313 g/mol. The maximum absolute atomic E-state index is 11.7. The summed E-state index contributed by atoms with van der Waals surface area (Å²) < 4.78 is 0.585. The van der Waals surface area contributed by atoms with Crippen molar-refractivity contribution in [2.75, 3.05) is 5.32 Å². The van der Waals surface area contributed by atoms with E-state index in [9.17, 15) is 4.79 Å². The van der Waals surface area contributed by atoms with Crippen LogP contribution in [-0.4, -0.2) is 26.1 Å². The molecule has 0 saturated heterocycles. The van der Waals surface area contributed by atoms with Crippen LogP contribution in [-0.2, 0) is 0 Å². The Labute approximate surface area is 110 Å². The molecular formula is C9H5BrClN5O. The van der Waals surface area contributed by atoms with Gasteiger partial charge >= 0.3 is 0 Å². The Hall–Kier alpha value is -1.60. The van der Waals surface area contributed by atoms with Crippen LogP contribution in [0.1, 0.15) is 10.5 Å². The molecule has 0 aliphatic heterocycles. The van der Waals surface area contributed by atoms with E-state index in [1.165, 1.54) is 24.5 Å². The minimum atomic E-state index is -0.425. The number of carbonyl (C=O) groups is 1. The van der Waals surface area contributed by atoms with Gasteiger partial charge < -0.3 is 5.32 Å². The standard InChI is InChI=1S/C9H5BrClN5O/c10-6-3-13-8(4-12-6)14-9(17)5-1-2-7(11)16-15-5/h1-4H,(H,13,14,17). The summed E-state index contributed by atoms with van der Waals surface area (Å²) >= 11 is 8.70. The van der Waals surface area contributed by atoms with Crippen LogP contribution < -0.4 is 5.32 Å². The average molecular weight is 315 g/mol. The van der Waals surface area contributed by atoms with E-state index in [-0.39, 0.29) is 10.8 Å². The summed E-state index contributed by atoms with van der Waals surface area (Å²) in [4.78, 5) is 19.5. The number of aromatic nitrogens is 4. The second kappa shape index (κ2) is 5.15. The molecule has 86 valence electrons. The number of rotatable bonds is 2. The molecule has 0 atom stereocenters. The summed E-state index contributed by atoms with van der Waals surface area (Å²) in [6.45, 7) is 0. The van der Waals surface area contributed by atoms with Crippen molar-refractivity contribution in [3.05, 3.63) is 40.0 Å². The summed E-state index contributed by atoms with van der Waals surface area (Å²) in [6.07, 6.45) is 2.90. The highest BCUT2D eigenvalue weighted by Crippen LogP contribution is 2.08. The number of carbonyl (C=O) groups excluding carboxylic acids is 1. The van der Waals surface area contributed by atoms with Crippen LogP contribution in [0.5, 0.6) is 0 Å². The van der Waals surface area contributed by atoms with Gasteiger partial charge in [0, 0.05) is 0 Å². The fourth-order valence-corrected chi connectivity index (χ4v) is 1.30. The SMILES string of the molecule is O=C(Nc1cnc(Br)cn1)c1ccc(Cl)nn1. The third kappa shape index (κ3) is 3.18. The van der Waals surface area contributed by atoms with Crippen LogP contribution in [0.25, 0.3) is 0 Å². The molecule has 0 saturated carbocycles. The lowest BCUT2D eigenvalue weighted by molar-refractivity contribution is 0.102. The molecule has 0 radical (unpaired) electrons. The fraction of sp³-hybridized carbons (Fsp3) is 0. The lowest BCUT2D eigenvalue weighted by atomic mass is 10.4. The van der Waals surface area contributed by atoms with E-state index in [0.717, 1.165) is 0 Å². The first-order valence-corrected chi connectivity index (χ1v) is 5.60. The Balaban J connectivity index is 2.11. The quantitative estimate of drug-likeness (QED) is 0.916. The van der Waals surface area contributed by atoms with Crippen LogP contribution in [0.4, 0.5) is 5.82 Å². The second-order valence-corrected chi connectivity index (χ2v) is 4.12. The van der Waals surface area contributed by atoms with Gasteiger partial charge in [0.2, 0.25) is 0 Å². The molecule has 17 heavy (non-hydrogen) atoms. The molecule has 0 aliphatic carbocycles. The minimum absolute atomic E-state index is 0.152. The van der Waals surface area contributed by atoms with Gasteiger partial charge in [-0.3, -0.25) is 4.79 Å². The molecule has 2 rings (SSSR count). The number of halogens is 2. The Morgan fingerprint density at radius 3 is 2.65 bits per heavy atom. The number of nitrogens with zero attached hydrogens (tertiary/aromatic N) is 4. The van der Waals surface area contributed by atoms with E-state index in [4.69, 9.17) is 11.6 Å². The van der Waals surface area contributed by atoms with Gasteiger partial charge in [-0.25, -0.2) is 9.97 Å². The molecule has 1 amide bonds. The van der Waals surface area contributed by atoms with Gasteiger partial charge in [0.15, 0.2) is 16.7 Å². The summed E-state index contributed by atoms with van der Waals surface area (Å²) in [5, 5.41) is 9.96. The van der Waals surface area contributed by atoms with Crippen molar-refractivity contribution in [2.45, 2.75) is 0 Å². The summed E-state index contributed by atoms with van der Waals surface area (Å²) in [5.74, 6) is -0.0965. The van der Waals surface area contributed by atoms with Crippen LogP contribution in [0.3, 0.4) is 0 Å². The van der Waals surface area contributed by atoms with Crippen molar-refractivity contribution < 1.29 is 4.79 Å². The van der Waals surface area contributed by atoms with Crippen molar-refractivity contribution >= 4 is 39.3 Å². The first kappa shape index (κ1) is 11.9. The second-order valence-electron chi connectivity index (χ2n) is 2.92. The van der Waals surface area contributed by atoms with E-state index in [2.05, 4.69) is 41.4 Å². The zero-order valence-corrected chi connectivity index (χ0v) is 10.6. The molecule has 2 heterocycles. The molecule has 1 N–H and O–H groups in total. The van der Waals surface area contributed by atoms with Gasteiger partial charge in [-0.05, 0) is 28.1 Å². The number of hydrogen-bond acceptors (Lipinski definition) is 5. The first-order valence-electron chi connectivity index (χ1n) is 4.43. The van der Waals surface area contributed by atoms with Gasteiger partial charge in [-0.2, -0.15) is 0 Å². The van der Waals surface area contributed by atoms with Gasteiger partial charge in [0.1, 0.15) is 4.60 Å². The number of nitrogens with one attached hydrogen (secondary N) is 1. The van der Waals surface area contributed by atoms with Gasteiger partial charge in [-0.1, -0.05) is 11.6 Å². The van der Waals surface area contributed by atoms with Gasteiger partial charge in [0.25, 0.3) is 5.91 Å². The Morgan fingerprint density at radius 2 is 2.06 bits per heavy atom. The Kier molecular flexibility index (Phi) is 3.60. The normalized spacial score (nSPS) is 10.0. The molecule has 0 spiro atoms. The van der Waals surface area contributed by atoms with E-state index < -0.39 is 5.91 Å². The number of hydrogen-bond donors (Lipinski definition) is 1. The lowest BCUT2D eigenvalue weighted by Gasteiger charge is -2.02. The van der Waals surface area contributed by atoms with Crippen molar-refractivity contribution in [1.82, 2.24) is 20.2 Å². The topological polar surface area (TPSA) is 80.7 Å². The Morgan fingerprint density at radius 1 is 1.24 bits per heavy atom. The molecule has 6 nitrogen and oxygen atoms in total. The van der Waals surface area contributed by atoms with E-state index >= 15 is 0 Å². The smallest absolute Gasteiger partial charge is 0.277 e. The zero-order chi connectivity index (χ0) is 12.3. The first-order chi connectivity index (χ1) is 8.15. The van der Waals surface area contributed by atoms with Gasteiger partial charge in [-0.15, -0.1) is 10.2 Å². The van der Waals surface area contributed by atoms with Crippen LogP contribution in [0.15, 0.2) is 29.1 Å². The predicted molar refractivity (Wildman–Crippen MR) is 64.7 cm³/mol. The Bertz CT molecular complexity index is 530. The van der Waals surface area contributed by atoms with Crippen LogP contribution in [0, 0.1) is 0 Å². The largest absolute Gasteiger partial charge is 0.304 e. The molecule has 0 aromatic carbocycles. The van der Waals surface area contributed by atoms with Crippen LogP contribution >= 0.6 is 27.5 Å².